The van der Waals surface area contributed by atoms with Crippen LogP contribution in [0.1, 0.15) is 19.3 Å². The van der Waals surface area contributed by atoms with Crippen molar-refractivity contribution in [3.05, 3.63) is 6.20 Å². The summed E-state index contributed by atoms with van der Waals surface area (Å²) in [5, 5.41) is 0. The Bertz CT molecular complexity index is 357. The van der Waals surface area contributed by atoms with Crippen molar-refractivity contribution in [2.24, 2.45) is 0 Å². The van der Waals surface area contributed by atoms with Crippen molar-refractivity contribution in [3.63, 3.8) is 0 Å². The molecular weight excluding hydrogens is 202 g/mol. The van der Waals surface area contributed by atoms with Crippen LogP contribution in [0, 0.1) is 0 Å². The van der Waals surface area contributed by atoms with E-state index in [2.05, 4.69) is 14.9 Å². The van der Waals surface area contributed by atoms with Crippen LogP contribution in [0.3, 0.4) is 0 Å². The molecule has 1 fully saturated rings. The fourth-order valence-corrected chi connectivity index (χ4v) is 1.95. The Hall–Kier alpha value is -1.52. The maximum absolute atomic E-state index is 5.94. The van der Waals surface area contributed by atoms with Crippen LogP contribution in [0.5, 0.6) is 0 Å². The summed E-state index contributed by atoms with van der Waals surface area (Å²) in [6.07, 6.45) is 5.45. The lowest BCUT2D eigenvalue weighted by molar-refractivity contribution is 0.573. The molecule has 1 aromatic rings. The zero-order valence-corrected chi connectivity index (χ0v) is 9.98. The largest absolute Gasteiger partial charge is 0.394 e. The molecule has 2 rings (SSSR count). The summed E-state index contributed by atoms with van der Waals surface area (Å²) >= 11 is 0. The smallest absolute Gasteiger partial charge is 0.226 e. The monoisotopic (exact) mass is 221 g/mol. The Morgan fingerprint density at radius 1 is 1.25 bits per heavy atom. The minimum absolute atomic E-state index is 0.674. The number of rotatable bonds is 2. The Kier molecular flexibility index (Phi) is 3.12. The van der Waals surface area contributed by atoms with Gasteiger partial charge in [0.15, 0.2) is 5.82 Å². The highest BCUT2D eigenvalue weighted by Crippen LogP contribution is 2.24. The number of anilines is 3. The molecule has 16 heavy (non-hydrogen) atoms. The maximum Gasteiger partial charge on any atom is 0.226 e. The van der Waals surface area contributed by atoms with Gasteiger partial charge in [-0.25, -0.2) is 4.98 Å². The minimum Gasteiger partial charge on any atom is -0.394 e. The first kappa shape index (κ1) is 11.0. The van der Waals surface area contributed by atoms with Crippen molar-refractivity contribution in [1.29, 1.82) is 0 Å². The van der Waals surface area contributed by atoms with E-state index in [0.717, 1.165) is 24.9 Å². The predicted molar refractivity (Wildman–Crippen MR) is 66.8 cm³/mol. The molecule has 1 aliphatic heterocycles. The highest BCUT2D eigenvalue weighted by Gasteiger charge is 2.16. The van der Waals surface area contributed by atoms with Gasteiger partial charge in [0.25, 0.3) is 0 Å². The van der Waals surface area contributed by atoms with Gasteiger partial charge in [0.2, 0.25) is 5.95 Å². The lowest BCUT2D eigenvalue weighted by Crippen LogP contribution is -2.31. The summed E-state index contributed by atoms with van der Waals surface area (Å²) in [4.78, 5) is 12.9. The SMILES string of the molecule is CN(C)c1ncc(N)c(N2CCCCC2)n1. The molecule has 0 bridgehead atoms. The Morgan fingerprint density at radius 2 is 1.94 bits per heavy atom. The highest BCUT2D eigenvalue weighted by atomic mass is 15.3. The molecule has 1 aromatic heterocycles. The molecule has 88 valence electrons. The van der Waals surface area contributed by atoms with Gasteiger partial charge in [0, 0.05) is 27.2 Å². The topological polar surface area (TPSA) is 58.3 Å². The third-order valence-electron chi connectivity index (χ3n) is 2.84. The van der Waals surface area contributed by atoms with Gasteiger partial charge in [0.1, 0.15) is 0 Å². The van der Waals surface area contributed by atoms with Crippen LogP contribution in [0.25, 0.3) is 0 Å². The predicted octanol–water partition coefficient (Wildman–Crippen LogP) is 1.12. The third-order valence-corrected chi connectivity index (χ3v) is 2.84. The van der Waals surface area contributed by atoms with Gasteiger partial charge >= 0.3 is 0 Å². The van der Waals surface area contributed by atoms with Gasteiger partial charge in [0.05, 0.1) is 11.9 Å². The average molecular weight is 221 g/mol. The van der Waals surface area contributed by atoms with E-state index in [0.29, 0.717) is 5.69 Å². The highest BCUT2D eigenvalue weighted by molar-refractivity contribution is 5.63. The number of aromatic nitrogens is 2. The number of hydrogen-bond donors (Lipinski definition) is 1. The fraction of sp³-hybridized carbons (Fsp3) is 0.636. The lowest BCUT2D eigenvalue weighted by Gasteiger charge is -2.29. The average Bonchev–Trinajstić information content (AvgIpc) is 2.30. The summed E-state index contributed by atoms with van der Waals surface area (Å²) in [5.74, 6) is 1.60. The van der Waals surface area contributed by atoms with E-state index in [1.807, 2.05) is 19.0 Å². The zero-order valence-electron chi connectivity index (χ0n) is 9.98. The Morgan fingerprint density at radius 3 is 2.56 bits per heavy atom. The van der Waals surface area contributed by atoms with E-state index < -0.39 is 0 Å². The summed E-state index contributed by atoms with van der Waals surface area (Å²) in [5.41, 5.74) is 6.61. The Balaban J connectivity index is 2.27. The second-order valence-corrected chi connectivity index (χ2v) is 4.39. The normalized spacial score (nSPS) is 16.2. The molecule has 1 aliphatic rings. The van der Waals surface area contributed by atoms with Crippen LogP contribution in [-0.2, 0) is 0 Å². The molecule has 2 N–H and O–H groups in total. The fourth-order valence-electron chi connectivity index (χ4n) is 1.95. The van der Waals surface area contributed by atoms with E-state index in [-0.39, 0.29) is 0 Å². The zero-order chi connectivity index (χ0) is 11.5. The van der Waals surface area contributed by atoms with Gasteiger partial charge < -0.3 is 15.5 Å². The molecule has 5 nitrogen and oxygen atoms in total. The molecule has 0 unspecified atom stereocenters. The van der Waals surface area contributed by atoms with Crippen molar-refractivity contribution < 1.29 is 0 Å². The van der Waals surface area contributed by atoms with Crippen molar-refractivity contribution in [3.8, 4) is 0 Å². The Labute approximate surface area is 96.3 Å². The molecule has 1 saturated heterocycles. The van der Waals surface area contributed by atoms with E-state index in [9.17, 15) is 0 Å². The molecule has 0 aromatic carbocycles. The van der Waals surface area contributed by atoms with Gasteiger partial charge in [-0.15, -0.1) is 0 Å². The molecule has 0 aliphatic carbocycles. The third kappa shape index (κ3) is 2.18. The van der Waals surface area contributed by atoms with Gasteiger partial charge in [-0.3, -0.25) is 0 Å². The van der Waals surface area contributed by atoms with Gasteiger partial charge in [-0.2, -0.15) is 4.98 Å². The number of nitrogen functional groups attached to an aromatic ring is 1. The van der Waals surface area contributed by atoms with Crippen molar-refractivity contribution in [1.82, 2.24) is 9.97 Å². The molecule has 0 spiro atoms. The molecule has 2 heterocycles. The lowest BCUT2D eigenvalue weighted by atomic mass is 10.1. The summed E-state index contributed by atoms with van der Waals surface area (Å²) < 4.78 is 0. The van der Waals surface area contributed by atoms with Gasteiger partial charge in [-0.1, -0.05) is 0 Å². The maximum atomic E-state index is 5.94. The number of piperidine rings is 1. The van der Waals surface area contributed by atoms with Crippen molar-refractivity contribution in [2.45, 2.75) is 19.3 Å². The summed E-state index contributed by atoms with van der Waals surface area (Å²) in [6, 6.07) is 0. The molecule has 0 radical (unpaired) electrons. The first-order valence-corrected chi connectivity index (χ1v) is 5.73. The van der Waals surface area contributed by atoms with E-state index in [1.165, 1.54) is 19.3 Å². The van der Waals surface area contributed by atoms with Crippen molar-refractivity contribution >= 4 is 17.5 Å². The second-order valence-electron chi connectivity index (χ2n) is 4.39. The van der Waals surface area contributed by atoms with Crippen LogP contribution in [0.4, 0.5) is 17.5 Å². The number of nitrogens with two attached hydrogens (primary N) is 1. The van der Waals surface area contributed by atoms with Crippen molar-refractivity contribution in [2.75, 3.05) is 42.7 Å². The van der Waals surface area contributed by atoms with Crippen LogP contribution < -0.4 is 15.5 Å². The van der Waals surface area contributed by atoms with Crippen LogP contribution in [0.2, 0.25) is 0 Å². The van der Waals surface area contributed by atoms with Crippen LogP contribution in [0.15, 0.2) is 6.20 Å². The molecule has 0 amide bonds. The van der Waals surface area contributed by atoms with E-state index >= 15 is 0 Å². The molecule has 5 heteroatoms. The van der Waals surface area contributed by atoms with E-state index in [1.54, 1.807) is 6.20 Å². The van der Waals surface area contributed by atoms with Crippen LogP contribution in [-0.4, -0.2) is 37.2 Å². The quantitative estimate of drug-likeness (QED) is 0.811. The minimum atomic E-state index is 0.674. The number of nitrogens with zero attached hydrogens (tertiary/aromatic N) is 4. The van der Waals surface area contributed by atoms with Gasteiger partial charge in [-0.05, 0) is 19.3 Å². The molecule has 0 atom stereocenters. The first-order valence-electron chi connectivity index (χ1n) is 5.73. The standard InChI is InChI=1S/C11H19N5/c1-15(2)11-13-8-9(12)10(14-11)16-6-4-3-5-7-16/h8H,3-7,12H2,1-2H3. The van der Waals surface area contributed by atoms with E-state index in [4.69, 9.17) is 5.73 Å². The first-order chi connectivity index (χ1) is 7.68. The molecule has 0 saturated carbocycles. The summed E-state index contributed by atoms with van der Waals surface area (Å²) in [7, 11) is 3.87. The molecular formula is C11H19N5. The number of hydrogen-bond acceptors (Lipinski definition) is 5. The second kappa shape index (κ2) is 4.55. The summed E-state index contributed by atoms with van der Waals surface area (Å²) in [6.45, 7) is 2.10. The van der Waals surface area contributed by atoms with Crippen LogP contribution >= 0.6 is 0 Å².